The number of nitrogens with two attached hydrogens (primary N) is 1. The molecule has 0 aliphatic rings. The first-order valence-corrected chi connectivity index (χ1v) is 4.62. The quantitative estimate of drug-likeness (QED) is 0.736. The van der Waals surface area contributed by atoms with Crippen molar-refractivity contribution in [3.05, 3.63) is 30.6 Å². The topological polar surface area (TPSA) is 94.0 Å². The zero-order chi connectivity index (χ0) is 11.5. The van der Waals surface area contributed by atoms with Crippen molar-refractivity contribution in [3.8, 4) is 11.4 Å². The highest BCUT2D eigenvalue weighted by molar-refractivity contribution is 5.66. The minimum absolute atomic E-state index is 0.192. The number of aromatic nitrogens is 3. The number of hydrogen-bond donors (Lipinski definition) is 2. The van der Waals surface area contributed by atoms with Crippen LogP contribution < -0.4 is 5.73 Å². The molecule has 0 aliphatic heterocycles. The number of carboxylic acid groups (broad SMARTS) is 1. The molecule has 0 spiro atoms. The van der Waals surface area contributed by atoms with Gasteiger partial charge in [0.25, 0.3) is 0 Å². The summed E-state index contributed by atoms with van der Waals surface area (Å²) in [5.74, 6) is -0.463. The molecule has 6 heteroatoms. The van der Waals surface area contributed by atoms with E-state index in [1.807, 2.05) is 0 Å². The molecule has 1 aromatic heterocycles. The molecule has 6 nitrogen and oxygen atoms in total. The predicted molar refractivity (Wildman–Crippen MR) is 57.5 cm³/mol. The highest BCUT2D eigenvalue weighted by Crippen LogP contribution is 2.15. The molecule has 82 valence electrons. The summed E-state index contributed by atoms with van der Waals surface area (Å²) in [5.41, 5.74) is 7.02. The van der Waals surface area contributed by atoms with E-state index in [-0.39, 0.29) is 6.54 Å². The Balaban J connectivity index is 2.24. The second kappa shape index (κ2) is 4.01. The number of nitrogens with zero attached hydrogens (tertiary/aromatic N) is 3. The smallest absolute Gasteiger partial charge is 0.325 e. The summed E-state index contributed by atoms with van der Waals surface area (Å²) in [5, 5.41) is 12.6. The van der Waals surface area contributed by atoms with E-state index in [1.54, 1.807) is 24.3 Å². The van der Waals surface area contributed by atoms with Crippen LogP contribution in [-0.2, 0) is 11.3 Å². The zero-order valence-corrected chi connectivity index (χ0v) is 8.37. The normalized spacial score (nSPS) is 10.2. The molecule has 0 fully saturated rings. The minimum Gasteiger partial charge on any atom is -0.480 e. The van der Waals surface area contributed by atoms with Crippen LogP contribution in [0.4, 0.5) is 5.69 Å². The number of rotatable bonds is 3. The van der Waals surface area contributed by atoms with E-state index >= 15 is 0 Å². The van der Waals surface area contributed by atoms with E-state index in [0.717, 1.165) is 5.56 Å². The first kappa shape index (κ1) is 10.2. The van der Waals surface area contributed by atoms with Gasteiger partial charge in [-0.3, -0.25) is 4.79 Å². The van der Waals surface area contributed by atoms with Crippen molar-refractivity contribution >= 4 is 11.7 Å². The molecule has 2 aromatic rings. The first-order chi connectivity index (χ1) is 7.65. The lowest BCUT2D eigenvalue weighted by molar-refractivity contribution is -0.137. The molecule has 0 bridgehead atoms. The van der Waals surface area contributed by atoms with Crippen molar-refractivity contribution in [2.45, 2.75) is 6.54 Å². The van der Waals surface area contributed by atoms with Gasteiger partial charge < -0.3 is 10.8 Å². The molecule has 0 unspecified atom stereocenters. The van der Waals surface area contributed by atoms with Gasteiger partial charge in [-0.25, -0.2) is 9.67 Å². The van der Waals surface area contributed by atoms with Crippen molar-refractivity contribution in [1.29, 1.82) is 0 Å². The number of carboxylic acids is 1. The number of anilines is 1. The van der Waals surface area contributed by atoms with Crippen LogP contribution in [0.15, 0.2) is 30.6 Å². The fraction of sp³-hybridized carbons (Fsp3) is 0.100. The Labute approximate surface area is 91.3 Å². The molecule has 0 radical (unpaired) electrons. The average Bonchev–Trinajstić information content (AvgIpc) is 2.66. The maximum atomic E-state index is 10.5. The van der Waals surface area contributed by atoms with Gasteiger partial charge in [-0.2, -0.15) is 5.10 Å². The van der Waals surface area contributed by atoms with E-state index in [2.05, 4.69) is 10.1 Å². The molecule has 0 amide bonds. The SMILES string of the molecule is Nc1ccc(-c2ncn(CC(=O)O)n2)cc1. The van der Waals surface area contributed by atoms with Crippen LogP contribution in [0.1, 0.15) is 0 Å². The number of nitrogen functional groups attached to an aromatic ring is 1. The molecule has 16 heavy (non-hydrogen) atoms. The molecule has 1 heterocycles. The minimum atomic E-state index is -0.950. The molecule has 2 rings (SSSR count). The van der Waals surface area contributed by atoms with Gasteiger partial charge in [-0.05, 0) is 24.3 Å². The lowest BCUT2D eigenvalue weighted by Gasteiger charge is -1.96. The second-order valence-electron chi connectivity index (χ2n) is 3.28. The molecule has 0 atom stereocenters. The Morgan fingerprint density at radius 1 is 1.38 bits per heavy atom. The van der Waals surface area contributed by atoms with Crippen LogP contribution in [0.25, 0.3) is 11.4 Å². The Morgan fingerprint density at radius 2 is 2.06 bits per heavy atom. The van der Waals surface area contributed by atoms with Crippen LogP contribution in [-0.4, -0.2) is 25.8 Å². The molecular formula is C10H10N4O2. The van der Waals surface area contributed by atoms with Crippen LogP contribution >= 0.6 is 0 Å². The summed E-state index contributed by atoms with van der Waals surface area (Å²) in [6.07, 6.45) is 1.39. The molecule has 0 saturated carbocycles. The van der Waals surface area contributed by atoms with Gasteiger partial charge in [0.15, 0.2) is 5.82 Å². The Morgan fingerprint density at radius 3 is 2.69 bits per heavy atom. The van der Waals surface area contributed by atoms with Crippen LogP contribution in [0.2, 0.25) is 0 Å². The average molecular weight is 218 g/mol. The maximum Gasteiger partial charge on any atom is 0.325 e. The van der Waals surface area contributed by atoms with Gasteiger partial charge in [0.1, 0.15) is 12.9 Å². The van der Waals surface area contributed by atoms with E-state index < -0.39 is 5.97 Å². The molecular weight excluding hydrogens is 208 g/mol. The number of hydrogen-bond acceptors (Lipinski definition) is 4. The summed E-state index contributed by atoms with van der Waals surface area (Å²) in [4.78, 5) is 14.5. The lowest BCUT2D eigenvalue weighted by atomic mass is 10.2. The van der Waals surface area contributed by atoms with Gasteiger partial charge in [0.05, 0.1) is 0 Å². The highest BCUT2D eigenvalue weighted by Gasteiger charge is 2.05. The second-order valence-corrected chi connectivity index (χ2v) is 3.28. The molecule has 1 aromatic carbocycles. The summed E-state index contributed by atoms with van der Waals surface area (Å²) in [6.45, 7) is -0.192. The van der Waals surface area contributed by atoms with Crippen LogP contribution in [0, 0.1) is 0 Å². The maximum absolute atomic E-state index is 10.5. The summed E-state index contributed by atoms with van der Waals surface area (Å²) >= 11 is 0. The third-order valence-electron chi connectivity index (χ3n) is 2.00. The van der Waals surface area contributed by atoms with Crippen molar-refractivity contribution < 1.29 is 9.90 Å². The van der Waals surface area contributed by atoms with Crippen molar-refractivity contribution in [2.75, 3.05) is 5.73 Å². The third kappa shape index (κ3) is 2.17. The first-order valence-electron chi connectivity index (χ1n) is 4.62. The van der Waals surface area contributed by atoms with Gasteiger partial charge in [0.2, 0.25) is 0 Å². The zero-order valence-electron chi connectivity index (χ0n) is 8.37. The standard InChI is InChI=1S/C10H10N4O2/c11-8-3-1-7(2-4-8)10-12-6-14(13-10)5-9(15)16/h1-4,6H,5,11H2,(H,15,16). The van der Waals surface area contributed by atoms with Crippen molar-refractivity contribution in [3.63, 3.8) is 0 Å². The Hall–Kier alpha value is -2.37. The van der Waals surface area contributed by atoms with Gasteiger partial charge >= 0.3 is 5.97 Å². The lowest BCUT2D eigenvalue weighted by Crippen LogP contribution is -2.08. The molecule has 0 saturated heterocycles. The Kier molecular flexibility index (Phi) is 2.55. The van der Waals surface area contributed by atoms with Gasteiger partial charge in [-0.15, -0.1) is 0 Å². The summed E-state index contributed by atoms with van der Waals surface area (Å²) < 4.78 is 1.27. The number of benzene rings is 1. The predicted octanol–water partition coefficient (Wildman–Crippen LogP) is 0.612. The fourth-order valence-electron chi connectivity index (χ4n) is 1.27. The highest BCUT2D eigenvalue weighted by atomic mass is 16.4. The van der Waals surface area contributed by atoms with Gasteiger partial charge in [-0.1, -0.05) is 0 Å². The summed E-state index contributed by atoms with van der Waals surface area (Å²) in [7, 11) is 0. The summed E-state index contributed by atoms with van der Waals surface area (Å²) in [6, 6.07) is 7.06. The van der Waals surface area contributed by atoms with Crippen LogP contribution in [0.5, 0.6) is 0 Å². The fourth-order valence-corrected chi connectivity index (χ4v) is 1.27. The largest absolute Gasteiger partial charge is 0.480 e. The van der Waals surface area contributed by atoms with Crippen molar-refractivity contribution in [2.24, 2.45) is 0 Å². The number of aliphatic carboxylic acids is 1. The van der Waals surface area contributed by atoms with E-state index in [4.69, 9.17) is 10.8 Å². The third-order valence-corrected chi connectivity index (χ3v) is 2.00. The Bertz CT molecular complexity index is 504. The van der Waals surface area contributed by atoms with E-state index in [1.165, 1.54) is 11.0 Å². The van der Waals surface area contributed by atoms with Crippen molar-refractivity contribution in [1.82, 2.24) is 14.8 Å². The van der Waals surface area contributed by atoms with Gasteiger partial charge in [0, 0.05) is 11.3 Å². The monoisotopic (exact) mass is 218 g/mol. The van der Waals surface area contributed by atoms with E-state index in [9.17, 15) is 4.79 Å². The molecule has 0 aliphatic carbocycles. The molecule has 3 N–H and O–H groups in total. The van der Waals surface area contributed by atoms with Crippen LogP contribution in [0.3, 0.4) is 0 Å². The van der Waals surface area contributed by atoms with E-state index in [0.29, 0.717) is 11.5 Å². The number of carbonyl (C=O) groups is 1.